The van der Waals surface area contributed by atoms with Crippen LogP contribution in [0.5, 0.6) is 11.5 Å². The molecule has 0 bridgehead atoms. The van der Waals surface area contributed by atoms with Crippen molar-refractivity contribution in [1.29, 1.82) is 0 Å². The van der Waals surface area contributed by atoms with E-state index in [1.807, 2.05) is 83.2 Å². The Kier molecular flexibility index (Phi) is 15.4. The number of likely N-dealkylation sites (N-methyl/N-ethyl adjacent to an activating group) is 2. The first-order chi connectivity index (χ1) is 23.8. The van der Waals surface area contributed by atoms with Crippen molar-refractivity contribution in [3.63, 3.8) is 0 Å². The monoisotopic (exact) mass is 686 g/mol. The van der Waals surface area contributed by atoms with Crippen molar-refractivity contribution in [2.45, 2.75) is 84.5 Å². The van der Waals surface area contributed by atoms with Crippen LogP contribution in [0.3, 0.4) is 0 Å². The highest BCUT2D eigenvalue weighted by Gasteiger charge is 2.39. The first-order valence-corrected chi connectivity index (χ1v) is 17.4. The zero-order valence-electron chi connectivity index (χ0n) is 30.6. The van der Waals surface area contributed by atoms with Crippen LogP contribution in [0.1, 0.15) is 58.6 Å². The van der Waals surface area contributed by atoms with Crippen molar-refractivity contribution >= 4 is 23.6 Å². The molecule has 4 atom stereocenters. The van der Waals surface area contributed by atoms with Crippen LogP contribution in [0.25, 0.3) is 0 Å². The third-order valence-corrected chi connectivity index (χ3v) is 8.64. The van der Waals surface area contributed by atoms with Crippen LogP contribution >= 0.6 is 0 Å². The van der Waals surface area contributed by atoms with Crippen molar-refractivity contribution in [1.82, 2.24) is 20.4 Å². The van der Waals surface area contributed by atoms with E-state index in [1.54, 1.807) is 32.3 Å². The summed E-state index contributed by atoms with van der Waals surface area (Å²) in [5.41, 5.74) is 4.27. The van der Waals surface area contributed by atoms with Crippen molar-refractivity contribution in [3.8, 4) is 11.5 Å². The molecule has 4 amide bonds. The zero-order chi connectivity index (χ0) is 36.8. The maximum absolute atomic E-state index is 14.3. The van der Waals surface area contributed by atoms with Gasteiger partial charge in [-0.2, -0.15) is 0 Å². The van der Waals surface area contributed by atoms with Crippen LogP contribution < -0.4 is 20.1 Å². The molecule has 0 aliphatic carbocycles. The predicted molar refractivity (Wildman–Crippen MR) is 196 cm³/mol. The lowest BCUT2D eigenvalue weighted by Gasteiger charge is -2.37. The average Bonchev–Trinajstić information content (AvgIpc) is 3.08. The first kappa shape index (κ1) is 39.6. The van der Waals surface area contributed by atoms with E-state index in [0.717, 1.165) is 11.1 Å². The molecule has 0 radical (unpaired) electrons. The van der Waals surface area contributed by atoms with E-state index in [9.17, 15) is 19.2 Å². The Morgan fingerprint density at radius 2 is 1.12 bits per heavy atom. The van der Waals surface area contributed by atoms with Gasteiger partial charge in [0.15, 0.2) is 0 Å². The van der Waals surface area contributed by atoms with E-state index in [-0.39, 0.29) is 30.6 Å². The van der Waals surface area contributed by atoms with Crippen LogP contribution in [0.4, 0.5) is 0 Å². The van der Waals surface area contributed by atoms with E-state index in [1.165, 1.54) is 9.80 Å². The Bertz CT molecular complexity index is 1500. The van der Waals surface area contributed by atoms with Gasteiger partial charge in [0.2, 0.25) is 23.6 Å². The van der Waals surface area contributed by atoms with Crippen LogP contribution in [-0.2, 0) is 32.0 Å². The standard InChI is InChI=1S/C40H54N4O6/c1-9-11-21-49-31-17-13-29(14-18-31)25-33-39(47)43(7)36(24-28(5)6)38(46)42-34(26-30-15-19-32(20-16-30)50-22-12-10-2)40(48)44(8)35(23-27(3)4)37(45)41-33/h10-20,27-28,33-36H,1,21-26H2,2-8H3,(H,41,45)(H,42,46)/t33-,34-,35-,36-/m0/s1. The highest BCUT2D eigenvalue weighted by atomic mass is 16.5. The number of hydrogen-bond acceptors (Lipinski definition) is 6. The third kappa shape index (κ3) is 11.7. The molecule has 270 valence electrons. The molecular formula is C40H54N4O6. The van der Waals surface area contributed by atoms with E-state index in [0.29, 0.717) is 37.6 Å². The summed E-state index contributed by atoms with van der Waals surface area (Å²) >= 11 is 0. The van der Waals surface area contributed by atoms with Gasteiger partial charge in [-0.3, -0.25) is 19.2 Å². The summed E-state index contributed by atoms with van der Waals surface area (Å²) in [4.78, 5) is 59.5. The maximum atomic E-state index is 14.3. The number of nitrogens with zero attached hydrogens (tertiary/aromatic N) is 2. The maximum Gasteiger partial charge on any atom is 0.245 e. The van der Waals surface area contributed by atoms with Gasteiger partial charge in [0.25, 0.3) is 0 Å². The Hall–Kier alpha value is -4.82. The lowest BCUT2D eigenvalue weighted by Crippen LogP contribution is -2.62. The number of allylic oxidation sites excluding steroid dienone is 1. The Morgan fingerprint density at radius 1 is 0.720 bits per heavy atom. The quantitative estimate of drug-likeness (QED) is 0.216. The molecule has 0 saturated carbocycles. The fraction of sp³-hybridized carbons (Fsp3) is 0.475. The van der Waals surface area contributed by atoms with Gasteiger partial charge in [-0.25, -0.2) is 0 Å². The topological polar surface area (TPSA) is 117 Å². The average molecular weight is 687 g/mol. The lowest BCUT2D eigenvalue weighted by molar-refractivity contribution is -0.148. The Morgan fingerprint density at radius 3 is 1.48 bits per heavy atom. The molecule has 1 aliphatic heterocycles. The minimum atomic E-state index is -0.979. The van der Waals surface area contributed by atoms with E-state index in [4.69, 9.17) is 9.47 Å². The first-order valence-electron chi connectivity index (χ1n) is 17.4. The molecule has 1 aliphatic rings. The number of benzene rings is 2. The van der Waals surface area contributed by atoms with Gasteiger partial charge in [-0.15, -0.1) is 5.73 Å². The summed E-state index contributed by atoms with van der Waals surface area (Å²) in [5.74, 6) is -0.174. The van der Waals surface area contributed by atoms with Crippen LogP contribution in [0, 0.1) is 11.8 Å². The van der Waals surface area contributed by atoms with Gasteiger partial charge >= 0.3 is 0 Å². The number of rotatable bonds is 14. The predicted octanol–water partition coefficient (Wildman–Crippen LogP) is 4.88. The number of ether oxygens (including phenoxy) is 2. The summed E-state index contributed by atoms with van der Waals surface area (Å²) in [6, 6.07) is 11.0. The molecule has 1 saturated heterocycles. The molecule has 50 heavy (non-hydrogen) atoms. The van der Waals surface area contributed by atoms with Gasteiger partial charge < -0.3 is 29.9 Å². The van der Waals surface area contributed by atoms with E-state index in [2.05, 4.69) is 22.9 Å². The molecular weight excluding hydrogens is 632 g/mol. The minimum Gasteiger partial charge on any atom is -0.490 e. The molecule has 0 aromatic heterocycles. The van der Waals surface area contributed by atoms with E-state index < -0.39 is 41.9 Å². The summed E-state index contributed by atoms with van der Waals surface area (Å²) in [5, 5.41) is 5.97. The molecule has 2 N–H and O–H groups in total. The summed E-state index contributed by atoms with van der Waals surface area (Å²) in [6.07, 6.45) is 6.59. The molecule has 3 rings (SSSR count). The van der Waals surface area contributed by atoms with Crippen LogP contribution in [-0.4, -0.2) is 84.9 Å². The number of carbonyl (C=O) groups is 4. The highest BCUT2D eigenvalue weighted by molar-refractivity contribution is 5.97. The fourth-order valence-electron chi connectivity index (χ4n) is 5.86. The number of hydrogen-bond donors (Lipinski definition) is 2. The second kappa shape index (κ2) is 19.4. The van der Waals surface area contributed by atoms with E-state index >= 15 is 0 Å². The molecule has 10 nitrogen and oxygen atoms in total. The molecule has 1 heterocycles. The van der Waals surface area contributed by atoms with Crippen molar-refractivity contribution in [3.05, 3.63) is 90.2 Å². The summed E-state index contributed by atoms with van der Waals surface area (Å²) < 4.78 is 11.4. The Labute approximate surface area is 297 Å². The number of nitrogens with one attached hydrogen (secondary N) is 2. The Balaban J connectivity index is 1.99. The van der Waals surface area contributed by atoms with Gasteiger partial charge in [-0.05, 0) is 73.1 Å². The molecule has 0 spiro atoms. The normalized spacial score (nSPS) is 20.7. The van der Waals surface area contributed by atoms with Crippen LogP contribution in [0.15, 0.2) is 79.1 Å². The molecule has 10 heteroatoms. The number of carbonyl (C=O) groups excluding carboxylic acids is 4. The minimum absolute atomic E-state index is 0.0628. The van der Waals surface area contributed by atoms with Crippen LogP contribution in [0.2, 0.25) is 0 Å². The van der Waals surface area contributed by atoms with Crippen molar-refractivity contribution in [2.24, 2.45) is 11.8 Å². The van der Waals surface area contributed by atoms with Crippen molar-refractivity contribution < 1.29 is 28.7 Å². The van der Waals surface area contributed by atoms with Gasteiger partial charge in [0.05, 0.1) is 0 Å². The molecule has 2 aromatic rings. The second-order valence-electron chi connectivity index (χ2n) is 13.6. The summed E-state index contributed by atoms with van der Waals surface area (Å²) in [6.45, 7) is 14.1. The third-order valence-electron chi connectivity index (χ3n) is 8.64. The van der Waals surface area contributed by atoms with Crippen molar-refractivity contribution in [2.75, 3.05) is 27.3 Å². The summed E-state index contributed by atoms with van der Waals surface area (Å²) in [7, 11) is 3.18. The molecule has 2 aromatic carbocycles. The second-order valence-corrected chi connectivity index (χ2v) is 13.6. The smallest absolute Gasteiger partial charge is 0.245 e. The fourth-order valence-corrected chi connectivity index (χ4v) is 5.86. The van der Waals surface area contributed by atoms with Gasteiger partial charge in [-0.1, -0.05) is 70.7 Å². The number of amides is 4. The zero-order valence-corrected chi connectivity index (χ0v) is 30.6. The highest BCUT2D eigenvalue weighted by Crippen LogP contribution is 2.21. The molecule has 0 unspecified atom stereocenters. The SMILES string of the molecule is C=C=CCOc1ccc(C[C@@H]2NC(=O)[C@H](CC(C)C)N(C)C(=O)[C@H](Cc3ccc(OCC=CC)cc3)NC(=O)[C@H](CC(C)C)N(C)C2=O)cc1. The molecule has 1 fully saturated rings. The van der Waals surface area contributed by atoms with Gasteiger partial charge in [0, 0.05) is 26.9 Å². The van der Waals surface area contributed by atoms with Gasteiger partial charge in [0.1, 0.15) is 48.9 Å². The lowest BCUT2D eigenvalue weighted by atomic mass is 9.96. The largest absolute Gasteiger partial charge is 0.490 e.